The molecule has 30 heavy (non-hydrogen) atoms. The first kappa shape index (κ1) is 19.6. The fraction of sp³-hybridized carbons (Fsp3) is 0.238. The highest BCUT2D eigenvalue weighted by Crippen LogP contribution is 2.27. The molecule has 2 amide bonds. The first-order valence-corrected chi connectivity index (χ1v) is 9.33. The summed E-state index contributed by atoms with van der Waals surface area (Å²) in [5.41, 5.74) is 5.95. The molecular weight excluding hydrogens is 386 g/mol. The maximum absolute atomic E-state index is 12.7. The van der Waals surface area contributed by atoms with Crippen LogP contribution in [0.4, 0.5) is 4.79 Å². The minimum atomic E-state index is -0.497. The first-order valence-electron chi connectivity index (χ1n) is 9.33. The number of primary amides is 1. The molecule has 0 saturated carbocycles. The first-order chi connectivity index (χ1) is 14.3. The number of benzene rings is 2. The van der Waals surface area contributed by atoms with Crippen LogP contribution in [0.2, 0.25) is 0 Å². The van der Waals surface area contributed by atoms with Gasteiger partial charge in [0.25, 0.3) is 0 Å². The van der Waals surface area contributed by atoms with Crippen molar-refractivity contribution in [1.82, 2.24) is 19.7 Å². The fourth-order valence-electron chi connectivity index (χ4n) is 3.09. The number of amides is 2. The summed E-state index contributed by atoms with van der Waals surface area (Å²) in [4.78, 5) is 29.8. The quantitative estimate of drug-likeness (QED) is 0.712. The monoisotopic (exact) mass is 407 g/mol. The predicted molar refractivity (Wildman–Crippen MR) is 108 cm³/mol. The maximum Gasteiger partial charge on any atom is 0.348 e. The lowest BCUT2D eigenvalue weighted by atomic mass is 10.1. The zero-order valence-corrected chi connectivity index (χ0v) is 16.6. The van der Waals surface area contributed by atoms with E-state index in [2.05, 4.69) is 10.1 Å². The summed E-state index contributed by atoms with van der Waals surface area (Å²) in [6, 6.07) is 13.4. The number of hydrogen-bond acceptors (Lipinski definition) is 6. The molecule has 2 heterocycles. The number of nitrogens with zero attached hydrogens (tertiary/aromatic N) is 4. The average Bonchev–Trinajstić information content (AvgIpc) is 3.34. The van der Waals surface area contributed by atoms with Gasteiger partial charge < -0.3 is 15.2 Å². The fourth-order valence-corrected chi connectivity index (χ4v) is 3.09. The Morgan fingerprint density at radius 2 is 1.90 bits per heavy atom. The van der Waals surface area contributed by atoms with Crippen molar-refractivity contribution in [2.45, 2.75) is 19.4 Å². The van der Waals surface area contributed by atoms with Crippen molar-refractivity contribution in [1.29, 1.82) is 0 Å². The Morgan fingerprint density at radius 1 is 1.13 bits per heavy atom. The summed E-state index contributed by atoms with van der Waals surface area (Å²) in [6.07, 6.45) is 1.39. The molecule has 2 aromatic carbocycles. The second kappa shape index (κ2) is 7.60. The van der Waals surface area contributed by atoms with Crippen molar-refractivity contribution >= 4 is 11.9 Å². The van der Waals surface area contributed by atoms with Gasteiger partial charge in [-0.15, -0.1) is 5.10 Å². The Hall–Kier alpha value is -3.72. The van der Waals surface area contributed by atoms with Gasteiger partial charge in [-0.2, -0.15) is 4.68 Å². The molecule has 2 N–H and O–H groups in total. The smallest absolute Gasteiger partial charge is 0.348 e. The van der Waals surface area contributed by atoms with Gasteiger partial charge in [-0.1, -0.05) is 12.1 Å². The number of rotatable bonds is 4. The maximum atomic E-state index is 12.7. The molecule has 0 spiro atoms. The van der Waals surface area contributed by atoms with E-state index in [0.29, 0.717) is 35.1 Å². The SMILES string of the molecule is CC1(C)COCN1C(=O)n1cnc(-c2cccc(Oc3ccc(C(N)=O)cc3)c2)n1. The van der Waals surface area contributed by atoms with Crippen LogP contribution < -0.4 is 10.5 Å². The predicted octanol–water partition coefficient (Wildman–Crippen LogP) is 2.87. The molecule has 0 atom stereocenters. The standard InChI is InChI=1S/C21H21N5O4/c1-21(2)11-29-13-25(21)20(28)26-12-23-19(24-26)15-4-3-5-17(10-15)30-16-8-6-14(7-9-16)18(22)27/h3-10,12H,11,13H2,1-2H3,(H2,22,27). The number of hydrogen-bond donors (Lipinski definition) is 1. The van der Waals surface area contributed by atoms with E-state index in [4.69, 9.17) is 15.2 Å². The van der Waals surface area contributed by atoms with Crippen LogP contribution in [-0.4, -0.2) is 50.5 Å². The average molecular weight is 407 g/mol. The molecule has 1 aromatic heterocycles. The van der Waals surface area contributed by atoms with Crippen molar-refractivity contribution < 1.29 is 19.1 Å². The Labute approximate surface area is 173 Å². The molecule has 154 valence electrons. The molecule has 9 nitrogen and oxygen atoms in total. The number of aromatic nitrogens is 3. The van der Waals surface area contributed by atoms with E-state index in [1.54, 1.807) is 41.3 Å². The van der Waals surface area contributed by atoms with Crippen LogP contribution in [0.3, 0.4) is 0 Å². The van der Waals surface area contributed by atoms with Crippen LogP contribution >= 0.6 is 0 Å². The topological polar surface area (TPSA) is 113 Å². The van der Waals surface area contributed by atoms with E-state index in [-0.39, 0.29) is 12.8 Å². The van der Waals surface area contributed by atoms with Crippen molar-refractivity contribution in [3.63, 3.8) is 0 Å². The van der Waals surface area contributed by atoms with E-state index in [0.717, 1.165) is 0 Å². The van der Waals surface area contributed by atoms with Gasteiger partial charge >= 0.3 is 6.03 Å². The summed E-state index contributed by atoms with van der Waals surface area (Å²) in [5.74, 6) is 1.03. The van der Waals surface area contributed by atoms with Crippen molar-refractivity contribution in [2.24, 2.45) is 5.73 Å². The van der Waals surface area contributed by atoms with E-state index in [1.165, 1.54) is 11.0 Å². The highest BCUT2D eigenvalue weighted by atomic mass is 16.5. The normalized spacial score (nSPS) is 15.2. The van der Waals surface area contributed by atoms with Crippen LogP contribution in [0.25, 0.3) is 11.4 Å². The van der Waals surface area contributed by atoms with Crippen molar-refractivity contribution in [3.8, 4) is 22.9 Å². The molecule has 1 aliphatic rings. The summed E-state index contributed by atoms with van der Waals surface area (Å²) < 4.78 is 12.4. The number of ether oxygens (including phenoxy) is 2. The second-order valence-corrected chi connectivity index (χ2v) is 7.53. The summed E-state index contributed by atoms with van der Waals surface area (Å²) in [7, 11) is 0. The van der Waals surface area contributed by atoms with Crippen LogP contribution in [0.1, 0.15) is 24.2 Å². The van der Waals surface area contributed by atoms with Crippen LogP contribution in [0.5, 0.6) is 11.5 Å². The minimum Gasteiger partial charge on any atom is -0.457 e. The van der Waals surface area contributed by atoms with Gasteiger partial charge in [0, 0.05) is 11.1 Å². The van der Waals surface area contributed by atoms with Gasteiger partial charge in [-0.25, -0.2) is 9.78 Å². The molecule has 1 aliphatic heterocycles. The zero-order valence-electron chi connectivity index (χ0n) is 16.6. The molecule has 0 radical (unpaired) electrons. The van der Waals surface area contributed by atoms with Gasteiger partial charge in [0.05, 0.1) is 12.1 Å². The number of carbonyl (C=O) groups is 2. The Bertz CT molecular complexity index is 1090. The van der Waals surface area contributed by atoms with Gasteiger partial charge in [0.2, 0.25) is 5.91 Å². The molecule has 0 aliphatic carbocycles. The van der Waals surface area contributed by atoms with Crippen molar-refractivity contribution in [2.75, 3.05) is 13.3 Å². The van der Waals surface area contributed by atoms with Crippen LogP contribution in [0.15, 0.2) is 54.9 Å². The second-order valence-electron chi connectivity index (χ2n) is 7.53. The Balaban J connectivity index is 1.52. The number of carbonyl (C=O) groups excluding carboxylic acids is 2. The van der Waals surface area contributed by atoms with E-state index < -0.39 is 11.4 Å². The summed E-state index contributed by atoms with van der Waals surface area (Å²) in [5, 5.41) is 4.32. The zero-order chi connectivity index (χ0) is 21.3. The Morgan fingerprint density at radius 3 is 2.57 bits per heavy atom. The lowest BCUT2D eigenvalue weighted by Gasteiger charge is -2.28. The molecule has 1 fully saturated rings. The molecular formula is C21H21N5O4. The van der Waals surface area contributed by atoms with Crippen molar-refractivity contribution in [3.05, 3.63) is 60.4 Å². The summed E-state index contributed by atoms with van der Waals surface area (Å²) in [6.45, 7) is 4.57. The molecule has 3 aromatic rings. The summed E-state index contributed by atoms with van der Waals surface area (Å²) >= 11 is 0. The lowest BCUT2D eigenvalue weighted by Crippen LogP contribution is -2.46. The third-order valence-corrected chi connectivity index (χ3v) is 4.79. The lowest BCUT2D eigenvalue weighted by molar-refractivity contribution is 0.1000. The number of nitrogens with two attached hydrogens (primary N) is 1. The van der Waals surface area contributed by atoms with E-state index in [9.17, 15) is 9.59 Å². The van der Waals surface area contributed by atoms with Crippen LogP contribution in [0, 0.1) is 0 Å². The highest BCUT2D eigenvalue weighted by molar-refractivity contribution is 5.92. The molecule has 9 heteroatoms. The molecule has 0 bridgehead atoms. The third-order valence-electron chi connectivity index (χ3n) is 4.79. The van der Waals surface area contributed by atoms with E-state index >= 15 is 0 Å². The largest absolute Gasteiger partial charge is 0.457 e. The molecule has 1 saturated heterocycles. The van der Waals surface area contributed by atoms with Gasteiger partial charge in [-0.05, 0) is 50.2 Å². The highest BCUT2D eigenvalue weighted by Gasteiger charge is 2.37. The third kappa shape index (κ3) is 3.87. The van der Waals surface area contributed by atoms with E-state index in [1.807, 2.05) is 26.0 Å². The minimum absolute atomic E-state index is 0.221. The van der Waals surface area contributed by atoms with Gasteiger partial charge in [-0.3, -0.25) is 9.69 Å². The molecule has 0 unspecified atom stereocenters. The Kier molecular flexibility index (Phi) is 4.96. The molecule has 4 rings (SSSR count). The van der Waals surface area contributed by atoms with Crippen LogP contribution in [-0.2, 0) is 4.74 Å². The van der Waals surface area contributed by atoms with Gasteiger partial charge in [0.15, 0.2) is 5.82 Å². The van der Waals surface area contributed by atoms with Gasteiger partial charge in [0.1, 0.15) is 24.6 Å².